The van der Waals surface area contributed by atoms with E-state index in [1.807, 2.05) is 37.9 Å². The monoisotopic (exact) mass is 346 g/mol. The molecule has 1 aliphatic heterocycles. The summed E-state index contributed by atoms with van der Waals surface area (Å²) in [5.74, 6) is 0.168. The number of fused-ring (bicyclic) bond motifs is 1. The maximum absolute atomic E-state index is 13.8. The molecule has 2 aromatic rings. The maximum atomic E-state index is 13.8. The number of hydrogen-bond acceptors (Lipinski definition) is 2. The number of ether oxygens (including phenoxy) is 1. The Hall–Kier alpha value is -2.04. The molecular formula is C20H27FN2O2. The van der Waals surface area contributed by atoms with E-state index in [1.165, 1.54) is 11.6 Å². The van der Waals surface area contributed by atoms with Crippen LogP contribution in [0.4, 0.5) is 9.18 Å². The molecular weight excluding hydrogens is 319 g/mol. The fourth-order valence-corrected chi connectivity index (χ4v) is 3.72. The first kappa shape index (κ1) is 17.8. The predicted octanol–water partition coefficient (Wildman–Crippen LogP) is 5.12. The zero-order valence-electron chi connectivity index (χ0n) is 15.6. The summed E-state index contributed by atoms with van der Waals surface area (Å²) >= 11 is 0. The van der Waals surface area contributed by atoms with Crippen LogP contribution in [0.2, 0.25) is 0 Å². The fourth-order valence-electron chi connectivity index (χ4n) is 3.72. The molecule has 0 spiro atoms. The van der Waals surface area contributed by atoms with E-state index in [9.17, 15) is 9.18 Å². The highest BCUT2D eigenvalue weighted by Crippen LogP contribution is 2.37. The molecule has 3 rings (SSSR count). The van der Waals surface area contributed by atoms with E-state index in [2.05, 4.69) is 11.9 Å². The highest BCUT2D eigenvalue weighted by molar-refractivity contribution is 5.86. The number of likely N-dealkylation sites (tertiary alicyclic amines) is 1. The standard InChI is InChI=1S/C20H27FN2O2/c1-12-10-14(8-9-23(12)19(24)25-20(3,4)5)16-11-22-18-13(2)17(21)7-6-15(16)18/h6-7,11-12,14,22H,8-10H2,1-5H3/t12-,14+/m1/s1. The number of H-pyrrole nitrogens is 1. The van der Waals surface area contributed by atoms with Gasteiger partial charge in [-0.2, -0.15) is 0 Å². The van der Waals surface area contributed by atoms with Gasteiger partial charge >= 0.3 is 6.09 Å². The lowest BCUT2D eigenvalue weighted by atomic mass is 9.85. The van der Waals surface area contributed by atoms with Crippen LogP contribution >= 0.6 is 0 Å². The number of nitrogens with one attached hydrogen (secondary N) is 1. The minimum Gasteiger partial charge on any atom is -0.444 e. The smallest absolute Gasteiger partial charge is 0.410 e. The van der Waals surface area contributed by atoms with Crippen LogP contribution in [0.1, 0.15) is 57.6 Å². The number of aromatic amines is 1. The summed E-state index contributed by atoms with van der Waals surface area (Å²) in [6.07, 6.45) is 3.52. The Labute approximate surface area is 148 Å². The second-order valence-corrected chi connectivity index (χ2v) is 8.08. The lowest BCUT2D eigenvalue weighted by Gasteiger charge is -2.38. The fraction of sp³-hybridized carbons (Fsp3) is 0.550. The Morgan fingerprint density at radius 2 is 2.08 bits per heavy atom. The number of carbonyl (C=O) groups is 1. The number of aromatic nitrogens is 1. The zero-order valence-corrected chi connectivity index (χ0v) is 15.6. The summed E-state index contributed by atoms with van der Waals surface area (Å²) in [7, 11) is 0. The van der Waals surface area contributed by atoms with Gasteiger partial charge in [0.05, 0.1) is 5.52 Å². The number of carbonyl (C=O) groups excluding carboxylic acids is 1. The highest BCUT2D eigenvalue weighted by Gasteiger charge is 2.33. The van der Waals surface area contributed by atoms with Gasteiger partial charge in [0.1, 0.15) is 11.4 Å². The van der Waals surface area contributed by atoms with Crippen molar-refractivity contribution >= 4 is 17.0 Å². The topological polar surface area (TPSA) is 45.3 Å². The van der Waals surface area contributed by atoms with Crippen LogP contribution < -0.4 is 0 Å². The third kappa shape index (κ3) is 3.51. The Morgan fingerprint density at radius 3 is 2.72 bits per heavy atom. The van der Waals surface area contributed by atoms with Crippen molar-refractivity contribution in [3.05, 3.63) is 35.3 Å². The molecule has 2 heterocycles. The molecule has 1 N–H and O–H groups in total. The normalized spacial score (nSPS) is 21.6. The second-order valence-electron chi connectivity index (χ2n) is 8.08. The van der Waals surface area contributed by atoms with Crippen molar-refractivity contribution in [3.8, 4) is 0 Å². The van der Waals surface area contributed by atoms with Crippen molar-refractivity contribution in [2.75, 3.05) is 6.54 Å². The van der Waals surface area contributed by atoms with Crippen LogP contribution in [0.3, 0.4) is 0 Å². The largest absolute Gasteiger partial charge is 0.444 e. The van der Waals surface area contributed by atoms with Crippen LogP contribution in [0.15, 0.2) is 18.3 Å². The molecule has 0 saturated carbocycles. The first-order valence-electron chi connectivity index (χ1n) is 8.93. The summed E-state index contributed by atoms with van der Waals surface area (Å²) in [5.41, 5.74) is 2.26. The number of benzene rings is 1. The van der Waals surface area contributed by atoms with E-state index < -0.39 is 5.60 Å². The number of nitrogens with zero attached hydrogens (tertiary/aromatic N) is 1. The SMILES string of the molecule is Cc1c(F)ccc2c([C@H]3CCN(C(=O)OC(C)(C)C)[C@H](C)C3)c[nH]c12. The molecule has 1 aromatic heterocycles. The van der Waals surface area contributed by atoms with Gasteiger partial charge in [0, 0.05) is 29.7 Å². The van der Waals surface area contributed by atoms with Crippen molar-refractivity contribution in [2.24, 2.45) is 0 Å². The van der Waals surface area contributed by atoms with Crippen LogP contribution in [0.25, 0.3) is 10.9 Å². The van der Waals surface area contributed by atoms with Crippen molar-refractivity contribution < 1.29 is 13.9 Å². The third-order valence-corrected chi connectivity index (χ3v) is 5.03. The van der Waals surface area contributed by atoms with Crippen molar-refractivity contribution in [1.82, 2.24) is 9.88 Å². The Bertz CT molecular complexity index is 791. The molecule has 25 heavy (non-hydrogen) atoms. The minimum atomic E-state index is -0.480. The van der Waals surface area contributed by atoms with Gasteiger partial charge in [0.15, 0.2) is 0 Å². The highest BCUT2D eigenvalue weighted by atomic mass is 19.1. The first-order chi connectivity index (χ1) is 11.7. The lowest BCUT2D eigenvalue weighted by Crippen LogP contribution is -2.46. The Morgan fingerprint density at radius 1 is 1.36 bits per heavy atom. The summed E-state index contributed by atoms with van der Waals surface area (Å²) in [6, 6.07) is 3.50. The average Bonchev–Trinajstić information content (AvgIpc) is 2.93. The van der Waals surface area contributed by atoms with Gasteiger partial charge in [-0.15, -0.1) is 0 Å². The molecule has 1 aromatic carbocycles. The second kappa shape index (κ2) is 6.36. The molecule has 4 nitrogen and oxygen atoms in total. The average molecular weight is 346 g/mol. The first-order valence-corrected chi connectivity index (χ1v) is 8.93. The molecule has 0 radical (unpaired) electrons. The van der Waals surface area contributed by atoms with Crippen molar-refractivity contribution in [2.45, 2.75) is 65.0 Å². The van der Waals surface area contributed by atoms with Crippen molar-refractivity contribution in [3.63, 3.8) is 0 Å². The van der Waals surface area contributed by atoms with Crippen LogP contribution in [-0.2, 0) is 4.74 Å². The van der Waals surface area contributed by atoms with Crippen LogP contribution in [0.5, 0.6) is 0 Å². The van der Waals surface area contributed by atoms with Gasteiger partial charge in [0.25, 0.3) is 0 Å². The maximum Gasteiger partial charge on any atom is 0.410 e. The molecule has 136 valence electrons. The quantitative estimate of drug-likeness (QED) is 0.779. The number of hydrogen-bond donors (Lipinski definition) is 1. The van der Waals surface area contributed by atoms with Gasteiger partial charge < -0.3 is 14.6 Å². The molecule has 0 bridgehead atoms. The van der Waals surface area contributed by atoms with Gasteiger partial charge in [-0.1, -0.05) is 0 Å². The number of amides is 1. The van der Waals surface area contributed by atoms with E-state index in [0.717, 1.165) is 23.7 Å². The molecule has 1 amide bonds. The van der Waals surface area contributed by atoms with Crippen LogP contribution in [-0.4, -0.2) is 34.2 Å². The summed E-state index contributed by atoms with van der Waals surface area (Å²) in [4.78, 5) is 17.4. The molecule has 1 fully saturated rings. The number of rotatable bonds is 1. The molecule has 0 unspecified atom stereocenters. The van der Waals surface area contributed by atoms with Crippen LogP contribution in [0, 0.1) is 12.7 Å². The van der Waals surface area contributed by atoms with Gasteiger partial charge in [-0.25, -0.2) is 9.18 Å². The van der Waals surface area contributed by atoms with E-state index in [1.54, 1.807) is 6.92 Å². The van der Waals surface area contributed by atoms with Crippen molar-refractivity contribution in [1.29, 1.82) is 0 Å². The third-order valence-electron chi connectivity index (χ3n) is 5.03. The van der Waals surface area contributed by atoms with Gasteiger partial charge in [-0.05, 0) is 71.1 Å². The number of halogens is 1. The minimum absolute atomic E-state index is 0.111. The van der Waals surface area contributed by atoms with E-state index >= 15 is 0 Å². The predicted molar refractivity (Wildman–Crippen MR) is 97.4 cm³/mol. The van der Waals surface area contributed by atoms with Gasteiger partial charge in [-0.3, -0.25) is 0 Å². The summed E-state index contributed by atoms with van der Waals surface area (Å²) in [5, 5.41) is 1.09. The molecule has 0 aliphatic carbocycles. The summed E-state index contributed by atoms with van der Waals surface area (Å²) in [6.45, 7) is 10.2. The summed E-state index contributed by atoms with van der Waals surface area (Å²) < 4.78 is 19.3. The van der Waals surface area contributed by atoms with E-state index in [-0.39, 0.29) is 18.0 Å². The van der Waals surface area contributed by atoms with Gasteiger partial charge in [0.2, 0.25) is 0 Å². The molecule has 5 heteroatoms. The van der Waals surface area contributed by atoms with E-state index in [4.69, 9.17) is 4.74 Å². The number of aryl methyl sites for hydroxylation is 1. The molecule has 1 saturated heterocycles. The molecule has 2 atom stereocenters. The number of piperidine rings is 1. The zero-order chi connectivity index (χ0) is 18.4. The lowest BCUT2D eigenvalue weighted by molar-refractivity contribution is 0.0104. The van der Waals surface area contributed by atoms with E-state index in [0.29, 0.717) is 18.0 Å². The Kier molecular flexibility index (Phi) is 4.52. The molecule has 1 aliphatic rings. The Balaban J connectivity index is 1.78.